The number of carboxylic acids is 1. The second-order valence-electron chi connectivity index (χ2n) is 5.37. The summed E-state index contributed by atoms with van der Waals surface area (Å²) < 4.78 is 0. The molecule has 3 atom stereocenters. The molecule has 1 aliphatic carbocycles. The van der Waals surface area contributed by atoms with Crippen LogP contribution in [0.2, 0.25) is 0 Å². The van der Waals surface area contributed by atoms with Gasteiger partial charge in [0.25, 0.3) is 0 Å². The predicted molar refractivity (Wildman–Crippen MR) is 54.0 cm³/mol. The summed E-state index contributed by atoms with van der Waals surface area (Å²) in [6.45, 7) is 5.40. The fraction of sp³-hybridized carbons (Fsp3) is 0.909. The Morgan fingerprint density at radius 1 is 1.57 bits per heavy atom. The van der Waals surface area contributed by atoms with E-state index in [9.17, 15) is 4.79 Å². The Balaban J connectivity index is 1.88. The molecule has 0 aromatic heterocycles. The van der Waals surface area contributed by atoms with E-state index >= 15 is 0 Å². The summed E-state index contributed by atoms with van der Waals surface area (Å²) in [7, 11) is 0. The number of hydrogen-bond acceptors (Lipinski definition) is 2. The normalized spacial score (nSPS) is 40.8. The average molecular weight is 197 g/mol. The van der Waals surface area contributed by atoms with Gasteiger partial charge in [-0.25, -0.2) is 0 Å². The fourth-order valence-electron chi connectivity index (χ4n) is 2.85. The van der Waals surface area contributed by atoms with Crippen molar-refractivity contribution in [2.75, 3.05) is 6.54 Å². The lowest BCUT2D eigenvalue weighted by Crippen LogP contribution is -2.29. The Bertz CT molecular complexity index is 252. The maximum atomic E-state index is 10.8. The molecule has 2 rings (SSSR count). The Hall–Kier alpha value is -0.570. The summed E-state index contributed by atoms with van der Waals surface area (Å²) in [5, 5.41) is 12.0. The fourth-order valence-corrected chi connectivity index (χ4v) is 2.85. The van der Waals surface area contributed by atoms with Crippen LogP contribution in [0.4, 0.5) is 0 Å². The lowest BCUT2D eigenvalue weighted by atomic mass is 9.95. The summed E-state index contributed by atoms with van der Waals surface area (Å²) in [4.78, 5) is 10.8. The van der Waals surface area contributed by atoms with Crippen molar-refractivity contribution in [3.63, 3.8) is 0 Å². The van der Waals surface area contributed by atoms with Gasteiger partial charge in [-0.05, 0) is 36.5 Å². The second-order valence-corrected chi connectivity index (χ2v) is 5.37. The van der Waals surface area contributed by atoms with Gasteiger partial charge in [0.15, 0.2) is 0 Å². The van der Waals surface area contributed by atoms with Gasteiger partial charge in [-0.1, -0.05) is 13.8 Å². The lowest BCUT2D eigenvalue weighted by Gasteiger charge is -2.09. The molecule has 0 amide bonds. The largest absolute Gasteiger partial charge is 0.480 e. The number of carbonyl (C=O) groups is 1. The van der Waals surface area contributed by atoms with Crippen molar-refractivity contribution in [1.82, 2.24) is 5.32 Å². The molecule has 14 heavy (non-hydrogen) atoms. The topological polar surface area (TPSA) is 49.3 Å². The van der Waals surface area contributed by atoms with Crippen molar-refractivity contribution in [2.45, 2.75) is 39.2 Å². The van der Waals surface area contributed by atoms with Crippen molar-refractivity contribution < 1.29 is 9.90 Å². The van der Waals surface area contributed by atoms with Crippen LogP contribution in [0.3, 0.4) is 0 Å². The van der Waals surface area contributed by atoms with Crippen LogP contribution in [-0.4, -0.2) is 23.7 Å². The van der Waals surface area contributed by atoms with E-state index < -0.39 is 5.97 Å². The quantitative estimate of drug-likeness (QED) is 0.720. The van der Waals surface area contributed by atoms with E-state index in [0.717, 1.165) is 24.8 Å². The molecule has 0 bridgehead atoms. The minimum atomic E-state index is -0.683. The van der Waals surface area contributed by atoms with Gasteiger partial charge in [0.1, 0.15) is 6.04 Å². The SMILES string of the molecule is CC(C)C[C@H]1C[C@]12CN[C@H](C(=O)O)C2. The van der Waals surface area contributed by atoms with Gasteiger partial charge in [0, 0.05) is 6.54 Å². The molecule has 2 fully saturated rings. The van der Waals surface area contributed by atoms with Crippen molar-refractivity contribution in [2.24, 2.45) is 17.3 Å². The Morgan fingerprint density at radius 2 is 2.29 bits per heavy atom. The summed E-state index contributed by atoms with van der Waals surface area (Å²) in [6.07, 6.45) is 3.34. The van der Waals surface area contributed by atoms with Crippen LogP contribution in [0.5, 0.6) is 0 Å². The number of nitrogens with one attached hydrogen (secondary N) is 1. The Morgan fingerprint density at radius 3 is 2.79 bits per heavy atom. The molecule has 0 radical (unpaired) electrons. The van der Waals surface area contributed by atoms with Crippen molar-refractivity contribution in [1.29, 1.82) is 0 Å². The molecule has 2 N–H and O–H groups in total. The molecule has 0 unspecified atom stereocenters. The second kappa shape index (κ2) is 3.23. The van der Waals surface area contributed by atoms with Crippen LogP contribution < -0.4 is 5.32 Å². The maximum Gasteiger partial charge on any atom is 0.320 e. The molecule has 1 spiro atoms. The number of aliphatic carboxylic acids is 1. The van der Waals surface area contributed by atoms with Crippen LogP contribution in [0.25, 0.3) is 0 Å². The molecule has 0 aromatic rings. The number of carboxylic acid groups (broad SMARTS) is 1. The third-order valence-electron chi connectivity index (χ3n) is 3.72. The van der Waals surface area contributed by atoms with Gasteiger partial charge in [0.2, 0.25) is 0 Å². The first kappa shape index (κ1) is 9.97. The molecule has 3 heteroatoms. The number of hydrogen-bond donors (Lipinski definition) is 2. The van der Waals surface area contributed by atoms with E-state index in [1.165, 1.54) is 12.8 Å². The molecule has 0 aromatic carbocycles. The van der Waals surface area contributed by atoms with E-state index in [0.29, 0.717) is 5.41 Å². The van der Waals surface area contributed by atoms with Gasteiger partial charge in [-0.3, -0.25) is 4.79 Å². The highest BCUT2D eigenvalue weighted by Crippen LogP contribution is 2.60. The first-order valence-corrected chi connectivity index (χ1v) is 5.50. The molecule has 1 saturated heterocycles. The highest BCUT2D eigenvalue weighted by atomic mass is 16.4. The van der Waals surface area contributed by atoms with Gasteiger partial charge >= 0.3 is 5.97 Å². The maximum absolute atomic E-state index is 10.8. The van der Waals surface area contributed by atoms with E-state index in [1.807, 2.05) is 0 Å². The zero-order valence-corrected chi connectivity index (χ0v) is 8.92. The van der Waals surface area contributed by atoms with E-state index in [4.69, 9.17) is 5.11 Å². The van der Waals surface area contributed by atoms with Crippen molar-refractivity contribution in [3.05, 3.63) is 0 Å². The van der Waals surface area contributed by atoms with Crippen LogP contribution in [0, 0.1) is 17.3 Å². The van der Waals surface area contributed by atoms with Crippen LogP contribution in [0.15, 0.2) is 0 Å². The van der Waals surface area contributed by atoms with Gasteiger partial charge < -0.3 is 10.4 Å². The lowest BCUT2D eigenvalue weighted by molar-refractivity contribution is -0.139. The van der Waals surface area contributed by atoms with Gasteiger partial charge in [-0.2, -0.15) is 0 Å². The standard InChI is InChI=1S/C11H19NO2/c1-7(2)3-8-4-11(8)5-9(10(13)14)12-6-11/h7-9,12H,3-6H2,1-2H3,(H,13,14)/t8-,9-,11-/m0/s1. The molecule has 80 valence electrons. The smallest absolute Gasteiger partial charge is 0.320 e. The number of rotatable bonds is 3. The summed E-state index contributed by atoms with van der Waals surface area (Å²) in [5.41, 5.74) is 0.354. The van der Waals surface area contributed by atoms with Gasteiger partial charge in [-0.15, -0.1) is 0 Å². The summed E-state index contributed by atoms with van der Waals surface area (Å²) >= 11 is 0. The predicted octanol–water partition coefficient (Wildman–Crippen LogP) is 1.49. The van der Waals surface area contributed by atoms with Crippen LogP contribution in [0.1, 0.15) is 33.1 Å². The first-order chi connectivity index (χ1) is 6.53. The van der Waals surface area contributed by atoms with Gasteiger partial charge in [0.05, 0.1) is 0 Å². The van der Waals surface area contributed by atoms with Crippen LogP contribution >= 0.6 is 0 Å². The highest BCUT2D eigenvalue weighted by molar-refractivity contribution is 5.74. The third-order valence-corrected chi connectivity index (χ3v) is 3.72. The molecule has 1 heterocycles. The summed E-state index contributed by atoms with van der Waals surface area (Å²) in [5.74, 6) is 0.833. The molecular formula is C11H19NO2. The molecular weight excluding hydrogens is 178 g/mol. The molecule has 1 saturated carbocycles. The molecule has 2 aliphatic rings. The Kier molecular flexibility index (Phi) is 2.30. The van der Waals surface area contributed by atoms with E-state index in [2.05, 4.69) is 19.2 Å². The van der Waals surface area contributed by atoms with Crippen molar-refractivity contribution >= 4 is 5.97 Å². The van der Waals surface area contributed by atoms with E-state index in [1.54, 1.807) is 0 Å². The van der Waals surface area contributed by atoms with Crippen LogP contribution in [-0.2, 0) is 4.79 Å². The molecule has 1 aliphatic heterocycles. The minimum absolute atomic E-state index is 0.285. The Labute approximate surface area is 84.9 Å². The minimum Gasteiger partial charge on any atom is -0.480 e. The van der Waals surface area contributed by atoms with E-state index in [-0.39, 0.29) is 6.04 Å². The molecule has 3 nitrogen and oxygen atoms in total. The summed E-state index contributed by atoms with van der Waals surface area (Å²) in [6, 6.07) is -0.285. The first-order valence-electron chi connectivity index (χ1n) is 5.50. The monoisotopic (exact) mass is 197 g/mol. The third kappa shape index (κ3) is 1.65. The zero-order valence-electron chi connectivity index (χ0n) is 8.92. The zero-order chi connectivity index (χ0) is 10.3. The highest BCUT2D eigenvalue weighted by Gasteiger charge is 2.58. The van der Waals surface area contributed by atoms with Crippen molar-refractivity contribution in [3.8, 4) is 0 Å². The average Bonchev–Trinajstić information content (AvgIpc) is 2.57.